The summed E-state index contributed by atoms with van der Waals surface area (Å²) >= 11 is 1.30. The van der Waals surface area contributed by atoms with Crippen LogP contribution in [0.1, 0.15) is 42.4 Å². The van der Waals surface area contributed by atoms with Gasteiger partial charge in [-0.1, -0.05) is 29.5 Å². The van der Waals surface area contributed by atoms with Crippen LogP contribution >= 0.6 is 11.3 Å². The number of aryl methyl sites for hydroxylation is 2. The topological polar surface area (TPSA) is 87.7 Å². The minimum atomic E-state index is -1.17. The van der Waals surface area contributed by atoms with E-state index in [0.717, 1.165) is 29.1 Å². The van der Waals surface area contributed by atoms with Crippen molar-refractivity contribution >= 4 is 23.4 Å². The summed E-state index contributed by atoms with van der Waals surface area (Å²) in [6, 6.07) is 6.91. The minimum absolute atomic E-state index is 0.186. The van der Waals surface area contributed by atoms with Crippen LogP contribution in [0, 0.1) is 19.8 Å². The number of rotatable bonds is 3. The van der Waals surface area contributed by atoms with Crippen LogP contribution in [0.4, 0.5) is 0 Å². The average molecular weight is 453 g/mol. The number of ether oxygens (including phenoxy) is 2. The second-order valence-corrected chi connectivity index (χ2v) is 9.23. The van der Waals surface area contributed by atoms with Gasteiger partial charge >= 0.3 is 5.97 Å². The van der Waals surface area contributed by atoms with Crippen LogP contribution in [0.2, 0.25) is 0 Å². The lowest BCUT2D eigenvalue weighted by atomic mass is 9.81. The quantitative estimate of drug-likeness (QED) is 0.565. The van der Waals surface area contributed by atoms with Crippen LogP contribution in [0.5, 0.6) is 5.75 Å². The lowest BCUT2D eigenvalue weighted by Crippen LogP contribution is -2.58. The fraction of sp³-hybridized carbons (Fsp3) is 0.391. The Balaban J connectivity index is 1.80. The molecule has 2 bridgehead atoms. The number of methoxy groups -OCH3 is 1. The molecule has 32 heavy (non-hydrogen) atoms. The number of benzene rings is 1. The molecule has 2 aliphatic heterocycles. The highest BCUT2D eigenvalue weighted by Gasteiger charge is 2.55. The number of esters is 1. The van der Waals surface area contributed by atoms with Crippen LogP contribution in [0.3, 0.4) is 0 Å². The van der Waals surface area contributed by atoms with E-state index in [4.69, 9.17) is 14.5 Å². The van der Waals surface area contributed by atoms with Gasteiger partial charge in [0.2, 0.25) is 5.72 Å². The van der Waals surface area contributed by atoms with E-state index >= 15 is 0 Å². The predicted molar refractivity (Wildman–Crippen MR) is 119 cm³/mol. The number of nitrogens with zero attached hydrogens (tertiary/aromatic N) is 4. The molecule has 166 valence electrons. The highest BCUT2D eigenvalue weighted by Crippen LogP contribution is 2.47. The van der Waals surface area contributed by atoms with Gasteiger partial charge < -0.3 is 9.47 Å². The third-order valence-electron chi connectivity index (χ3n) is 6.35. The summed E-state index contributed by atoms with van der Waals surface area (Å²) < 4.78 is 15.4. The van der Waals surface area contributed by atoms with Gasteiger partial charge in [0.1, 0.15) is 11.7 Å². The van der Waals surface area contributed by atoms with Gasteiger partial charge in [-0.25, -0.2) is 4.99 Å². The van der Waals surface area contributed by atoms with Crippen molar-refractivity contribution in [2.45, 2.75) is 46.0 Å². The minimum Gasteiger partial charge on any atom is -0.469 e. The van der Waals surface area contributed by atoms with Crippen LogP contribution in [-0.4, -0.2) is 33.2 Å². The van der Waals surface area contributed by atoms with Crippen molar-refractivity contribution in [2.75, 3.05) is 7.11 Å². The summed E-state index contributed by atoms with van der Waals surface area (Å²) in [4.78, 5) is 31.8. The first-order valence-corrected chi connectivity index (χ1v) is 11.3. The van der Waals surface area contributed by atoms with Gasteiger partial charge in [0.25, 0.3) is 5.56 Å². The van der Waals surface area contributed by atoms with E-state index in [-0.39, 0.29) is 5.56 Å². The fourth-order valence-electron chi connectivity index (χ4n) is 4.79. The first kappa shape index (κ1) is 20.7. The number of fused-ring (bicyclic) bond motifs is 6. The largest absolute Gasteiger partial charge is 0.469 e. The molecule has 0 unspecified atom stereocenters. The van der Waals surface area contributed by atoms with Crippen molar-refractivity contribution < 1.29 is 14.3 Å². The fourth-order valence-corrected chi connectivity index (χ4v) is 5.87. The smallest absolute Gasteiger partial charge is 0.317 e. The predicted octanol–water partition coefficient (Wildman–Crippen LogP) is 1.69. The number of aromatic nitrogens is 3. The molecule has 3 atom stereocenters. The highest BCUT2D eigenvalue weighted by molar-refractivity contribution is 7.07. The standard InChI is InChI=1S/C23H24N4O4S/c1-6-26-13(3)15(12(2)25-26)11-17-20(28)27-19-14-9-7-8-10-16(14)31-23(4,24-22(27)32-17)18(19)21(29)30-5/h7-11,18-19H,6H2,1-5H3/b17-11+/t18-,19-,23-/m0/s1. The van der Waals surface area contributed by atoms with Crippen molar-refractivity contribution in [3.8, 4) is 5.75 Å². The second-order valence-electron chi connectivity index (χ2n) is 8.22. The van der Waals surface area contributed by atoms with Crippen LogP contribution in [-0.2, 0) is 16.1 Å². The van der Waals surface area contributed by atoms with Gasteiger partial charge in [-0.3, -0.25) is 18.8 Å². The van der Waals surface area contributed by atoms with Crippen LogP contribution in [0.15, 0.2) is 34.1 Å². The molecule has 2 aliphatic rings. The number of carbonyl (C=O) groups is 1. The van der Waals surface area contributed by atoms with E-state index < -0.39 is 23.7 Å². The van der Waals surface area contributed by atoms with Gasteiger partial charge in [-0.05, 0) is 39.8 Å². The molecule has 2 aromatic heterocycles. The molecule has 9 heteroatoms. The third-order valence-corrected chi connectivity index (χ3v) is 7.33. The summed E-state index contributed by atoms with van der Waals surface area (Å²) in [5.41, 5.74) is 2.22. The SMILES string of the molecule is CCn1nc(C)c(/C=c2/sc3n(c2=O)[C@H]2c4ccccc4O[C@](C)(N=3)[C@@H]2C(=O)OC)c1C. The molecule has 5 rings (SSSR count). The maximum absolute atomic E-state index is 13.6. The van der Waals surface area contributed by atoms with Gasteiger partial charge in [-0.15, -0.1) is 0 Å². The Morgan fingerprint density at radius 3 is 2.78 bits per heavy atom. The van der Waals surface area contributed by atoms with Crippen molar-refractivity contribution in [3.05, 3.63) is 66.5 Å². The van der Waals surface area contributed by atoms with E-state index in [0.29, 0.717) is 15.1 Å². The normalized spacial score (nSPS) is 23.7. The zero-order chi connectivity index (χ0) is 22.8. The van der Waals surface area contributed by atoms with Gasteiger partial charge in [0.15, 0.2) is 4.80 Å². The molecular weight excluding hydrogens is 428 g/mol. The van der Waals surface area contributed by atoms with Crippen molar-refractivity contribution in [2.24, 2.45) is 10.9 Å². The van der Waals surface area contributed by atoms with E-state index in [9.17, 15) is 9.59 Å². The molecule has 8 nitrogen and oxygen atoms in total. The van der Waals surface area contributed by atoms with Crippen molar-refractivity contribution in [3.63, 3.8) is 0 Å². The number of carbonyl (C=O) groups excluding carboxylic acids is 1. The molecule has 0 radical (unpaired) electrons. The summed E-state index contributed by atoms with van der Waals surface area (Å²) in [6.45, 7) is 8.49. The number of hydrogen-bond acceptors (Lipinski definition) is 7. The Hall–Kier alpha value is -3.20. The summed E-state index contributed by atoms with van der Waals surface area (Å²) in [7, 11) is 1.34. The summed E-state index contributed by atoms with van der Waals surface area (Å²) in [6.07, 6.45) is 1.88. The molecule has 0 amide bonds. The highest BCUT2D eigenvalue weighted by atomic mass is 32.1. The molecule has 3 aromatic rings. The van der Waals surface area contributed by atoms with E-state index in [1.54, 1.807) is 11.5 Å². The van der Waals surface area contributed by atoms with Gasteiger partial charge in [0.05, 0.1) is 23.4 Å². The van der Waals surface area contributed by atoms with Crippen molar-refractivity contribution in [1.29, 1.82) is 0 Å². The zero-order valence-corrected chi connectivity index (χ0v) is 19.4. The number of hydrogen-bond donors (Lipinski definition) is 0. The average Bonchev–Trinajstić information content (AvgIpc) is 3.21. The molecule has 0 saturated heterocycles. The zero-order valence-electron chi connectivity index (χ0n) is 18.6. The number of para-hydroxylation sites is 1. The van der Waals surface area contributed by atoms with E-state index in [2.05, 4.69) is 5.10 Å². The Kier molecular flexibility index (Phi) is 4.63. The van der Waals surface area contributed by atoms with Crippen molar-refractivity contribution in [1.82, 2.24) is 14.3 Å². The molecule has 0 aliphatic carbocycles. The molecule has 0 saturated carbocycles. The first-order valence-electron chi connectivity index (χ1n) is 10.5. The Labute approximate surface area is 188 Å². The maximum atomic E-state index is 13.6. The number of thiazole rings is 1. The Morgan fingerprint density at radius 2 is 2.09 bits per heavy atom. The van der Waals surface area contributed by atoms with Crippen LogP contribution in [0.25, 0.3) is 6.08 Å². The van der Waals surface area contributed by atoms with Gasteiger partial charge in [-0.2, -0.15) is 5.10 Å². The van der Waals surface area contributed by atoms with E-state index in [1.165, 1.54) is 18.4 Å². The summed E-state index contributed by atoms with van der Waals surface area (Å²) in [5.74, 6) is -0.614. The molecular formula is C23H24N4O4S. The second kappa shape index (κ2) is 7.16. The monoisotopic (exact) mass is 452 g/mol. The lowest BCUT2D eigenvalue weighted by Gasteiger charge is -2.44. The Bertz CT molecular complexity index is 1430. The van der Waals surface area contributed by atoms with Gasteiger partial charge in [0, 0.05) is 23.4 Å². The lowest BCUT2D eigenvalue weighted by molar-refractivity contribution is -0.158. The molecule has 4 heterocycles. The molecule has 0 N–H and O–H groups in total. The maximum Gasteiger partial charge on any atom is 0.317 e. The Morgan fingerprint density at radius 1 is 1.34 bits per heavy atom. The molecule has 0 spiro atoms. The molecule has 1 aromatic carbocycles. The third kappa shape index (κ3) is 2.80. The first-order chi connectivity index (χ1) is 15.3. The van der Waals surface area contributed by atoms with Crippen LogP contribution < -0.4 is 19.6 Å². The summed E-state index contributed by atoms with van der Waals surface area (Å²) in [5, 5.41) is 4.55. The van der Waals surface area contributed by atoms with E-state index in [1.807, 2.05) is 55.8 Å². The molecule has 0 fully saturated rings.